The van der Waals surface area contributed by atoms with E-state index in [0.29, 0.717) is 5.02 Å². The van der Waals surface area contributed by atoms with Crippen LogP contribution in [0.5, 0.6) is 5.75 Å². The highest BCUT2D eigenvalue weighted by molar-refractivity contribution is 6.31. The second kappa shape index (κ2) is 5.94. The van der Waals surface area contributed by atoms with Gasteiger partial charge in [-0.25, -0.2) is 0 Å². The Morgan fingerprint density at radius 3 is 1.71 bits per heavy atom. The van der Waals surface area contributed by atoms with Gasteiger partial charge >= 0.3 is 0 Å². The van der Waals surface area contributed by atoms with Crippen molar-refractivity contribution >= 4 is 11.6 Å². The molecule has 0 saturated heterocycles. The third-order valence-corrected chi connectivity index (χ3v) is 1.60. The first-order chi connectivity index (χ1) is 6.80. The Hall–Kier alpha value is -1.61. The number of benzene rings is 1. The highest BCUT2D eigenvalue weighted by atomic mass is 35.5. The van der Waals surface area contributed by atoms with Crippen LogP contribution >= 0.6 is 11.6 Å². The number of halogens is 1. The zero-order valence-electron chi connectivity index (χ0n) is 7.26. The summed E-state index contributed by atoms with van der Waals surface area (Å²) in [5.41, 5.74) is 0. The van der Waals surface area contributed by atoms with Gasteiger partial charge in [0, 0.05) is 0 Å². The van der Waals surface area contributed by atoms with Crippen molar-refractivity contribution in [3.63, 3.8) is 0 Å². The lowest BCUT2D eigenvalue weighted by Gasteiger charge is -1.94. The fraction of sp³-hybridized carbons (Fsp3) is 0. The summed E-state index contributed by atoms with van der Waals surface area (Å²) in [6.07, 6.45) is 5.83. The highest BCUT2D eigenvalue weighted by Gasteiger charge is 1.89. The molecular formula is C10H9ClO3. The Morgan fingerprint density at radius 1 is 0.929 bits per heavy atom. The van der Waals surface area contributed by atoms with Gasteiger partial charge in [-0.05, 0) is 12.1 Å². The molecule has 1 heterocycles. The largest absolute Gasteiger partial charge is 0.506 e. The van der Waals surface area contributed by atoms with Crippen LogP contribution in [-0.4, -0.2) is 5.11 Å². The Labute approximate surface area is 86.8 Å². The quantitative estimate of drug-likeness (QED) is 0.719. The number of phenolic OH excluding ortho intramolecular Hbond substituents is 1. The van der Waals surface area contributed by atoms with Crippen LogP contribution in [0.3, 0.4) is 0 Å². The van der Waals surface area contributed by atoms with Crippen LogP contribution < -0.4 is 0 Å². The first-order valence-electron chi connectivity index (χ1n) is 3.85. The van der Waals surface area contributed by atoms with E-state index >= 15 is 0 Å². The first kappa shape index (κ1) is 10.5. The van der Waals surface area contributed by atoms with Crippen molar-refractivity contribution in [3.8, 4) is 5.75 Å². The van der Waals surface area contributed by atoms with Crippen molar-refractivity contribution in [2.24, 2.45) is 0 Å². The summed E-state index contributed by atoms with van der Waals surface area (Å²) >= 11 is 5.46. The van der Waals surface area contributed by atoms with Crippen LogP contribution in [-0.2, 0) is 9.47 Å². The predicted molar refractivity (Wildman–Crippen MR) is 53.6 cm³/mol. The number of ether oxygens (including phenoxy) is 2. The molecular weight excluding hydrogens is 204 g/mol. The van der Waals surface area contributed by atoms with Gasteiger partial charge in [0.2, 0.25) is 0 Å². The van der Waals surface area contributed by atoms with Gasteiger partial charge in [0.05, 0.1) is 5.02 Å². The van der Waals surface area contributed by atoms with E-state index in [1.54, 1.807) is 24.3 Å². The van der Waals surface area contributed by atoms with Crippen LogP contribution in [0.1, 0.15) is 0 Å². The van der Waals surface area contributed by atoms with Crippen LogP contribution in [0.15, 0.2) is 49.3 Å². The molecule has 0 radical (unpaired) electrons. The van der Waals surface area contributed by atoms with Crippen molar-refractivity contribution in [2.75, 3.05) is 0 Å². The summed E-state index contributed by atoms with van der Waals surface area (Å²) in [6.45, 7) is 0. The zero-order valence-corrected chi connectivity index (χ0v) is 8.02. The van der Waals surface area contributed by atoms with Crippen LogP contribution in [0.4, 0.5) is 0 Å². The van der Waals surface area contributed by atoms with Crippen molar-refractivity contribution in [1.82, 2.24) is 0 Å². The van der Waals surface area contributed by atoms with Crippen LogP contribution in [0.2, 0.25) is 5.02 Å². The maximum atomic E-state index is 8.79. The van der Waals surface area contributed by atoms with Gasteiger partial charge in [0.15, 0.2) is 0 Å². The lowest BCUT2D eigenvalue weighted by atomic mass is 10.3. The molecule has 1 aliphatic rings. The summed E-state index contributed by atoms with van der Waals surface area (Å²) in [5, 5.41) is 9.18. The first-order valence-corrected chi connectivity index (χ1v) is 4.23. The molecule has 2 rings (SSSR count). The van der Waals surface area contributed by atoms with E-state index < -0.39 is 0 Å². The second-order valence-electron chi connectivity index (χ2n) is 2.27. The summed E-state index contributed by atoms with van der Waals surface area (Å²) in [6, 6.07) is 6.67. The maximum Gasteiger partial charge on any atom is 0.134 e. The molecule has 0 aliphatic carbocycles. The van der Waals surface area contributed by atoms with Gasteiger partial charge in [-0.1, -0.05) is 23.7 Å². The second-order valence-corrected chi connectivity index (χ2v) is 2.68. The monoisotopic (exact) mass is 212 g/mol. The van der Waals surface area contributed by atoms with E-state index in [4.69, 9.17) is 16.7 Å². The fourth-order valence-electron chi connectivity index (χ4n) is 0.671. The number of para-hydroxylation sites is 1. The molecule has 14 heavy (non-hydrogen) atoms. The average molecular weight is 213 g/mol. The average Bonchev–Trinajstić information content (AvgIpc) is 2.26. The van der Waals surface area contributed by atoms with Crippen molar-refractivity contribution in [3.05, 3.63) is 54.3 Å². The van der Waals surface area contributed by atoms with E-state index in [-0.39, 0.29) is 5.75 Å². The smallest absolute Gasteiger partial charge is 0.134 e. The zero-order chi connectivity index (χ0) is 10.2. The number of hydrogen-bond donors (Lipinski definition) is 1. The van der Waals surface area contributed by atoms with Crippen molar-refractivity contribution in [2.45, 2.75) is 0 Å². The predicted octanol–water partition coefficient (Wildman–Crippen LogP) is 3.02. The molecule has 3 nitrogen and oxygen atoms in total. The minimum absolute atomic E-state index is 0.133. The number of phenols is 1. The minimum Gasteiger partial charge on any atom is -0.506 e. The lowest BCUT2D eigenvalue weighted by Crippen LogP contribution is -1.74. The Kier molecular flexibility index (Phi) is 4.44. The molecule has 0 unspecified atom stereocenters. The molecule has 0 bridgehead atoms. The van der Waals surface area contributed by atoms with Gasteiger partial charge in [-0.15, -0.1) is 0 Å². The van der Waals surface area contributed by atoms with Crippen LogP contribution in [0, 0.1) is 0 Å². The third kappa shape index (κ3) is 3.87. The van der Waals surface area contributed by atoms with E-state index in [9.17, 15) is 0 Å². The normalized spacial score (nSPS) is 12.1. The molecule has 74 valence electrons. The topological polar surface area (TPSA) is 38.7 Å². The summed E-state index contributed by atoms with van der Waals surface area (Å²) in [7, 11) is 0. The third-order valence-electron chi connectivity index (χ3n) is 1.28. The van der Waals surface area contributed by atoms with Crippen molar-refractivity contribution in [1.29, 1.82) is 0 Å². The van der Waals surface area contributed by atoms with Gasteiger partial charge in [-0.3, -0.25) is 0 Å². The molecule has 0 saturated carbocycles. The summed E-state index contributed by atoms with van der Waals surface area (Å²) in [5.74, 6) is 0.133. The van der Waals surface area contributed by atoms with E-state index in [0.717, 1.165) is 0 Å². The van der Waals surface area contributed by atoms with E-state index in [1.165, 1.54) is 25.0 Å². The summed E-state index contributed by atoms with van der Waals surface area (Å²) in [4.78, 5) is 0. The number of rotatable bonds is 0. The molecule has 1 aromatic rings. The van der Waals surface area contributed by atoms with Gasteiger partial charge in [0.25, 0.3) is 0 Å². The Bertz CT molecular complexity index is 293. The molecule has 0 aromatic heterocycles. The number of aromatic hydroxyl groups is 1. The number of hydrogen-bond acceptors (Lipinski definition) is 3. The molecule has 0 atom stereocenters. The van der Waals surface area contributed by atoms with Gasteiger partial charge in [-0.2, -0.15) is 0 Å². The molecule has 1 aliphatic heterocycles. The Balaban J connectivity index is 0.000000146. The molecule has 1 aromatic carbocycles. The minimum atomic E-state index is 0.133. The molecule has 1 N–H and O–H groups in total. The fourth-order valence-corrected chi connectivity index (χ4v) is 0.806. The summed E-state index contributed by atoms with van der Waals surface area (Å²) < 4.78 is 9.17. The molecule has 0 fully saturated rings. The van der Waals surface area contributed by atoms with Crippen molar-refractivity contribution < 1.29 is 14.6 Å². The van der Waals surface area contributed by atoms with Gasteiger partial charge < -0.3 is 14.6 Å². The molecule has 0 spiro atoms. The standard InChI is InChI=1S/C6H5ClO.C4H4O2/c7-5-3-1-2-4-6(5)8;1-2-6-4-3-5-1/h1-4,8H;1-4H. The SMILES string of the molecule is C1=COC=CO1.Oc1ccccc1Cl. The molecule has 4 heteroatoms. The van der Waals surface area contributed by atoms with E-state index in [1.807, 2.05) is 0 Å². The lowest BCUT2D eigenvalue weighted by molar-refractivity contribution is 0.290. The van der Waals surface area contributed by atoms with E-state index in [2.05, 4.69) is 9.47 Å². The molecule has 0 amide bonds. The van der Waals surface area contributed by atoms with Gasteiger partial charge in [0.1, 0.15) is 30.8 Å². The Morgan fingerprint density at radius 2 is 1.43 bits per heavy atom. The maximum absolute atomic E-state index is 8.79. The van der Waals surface area contributed by atoms with Crippen LogP contribution in [0.25, 0.3) is 0 Å². The highest BCUT2D eigenvalue weighted by Crippen LogP contribution is 2.20.